The maximum Gasteiger partial charge on any atom is 0.573 e. The average Bonchev–Trinajstić information content (AvgIpc) is 3.61. The molecule has 1 N–H and O–H groups in total. The van der Waals surface area contributed by atoms with E-state index in [1.165, 1.54) is 77.8 Å². The summed E-state index contributed by atoms with van der Waals surface area (Å²) < 4.78 is 90.8. The second kappa shape index (κ2) is 18.1. The minimum atomic E-state index is -4.85. The Hall–Kier alpha value is -5.13. The van der Waals surface area contributed by atoms with Crippen molar-refractivity contribution in [3.05, 3.63) is 127 Å². The number of ether oxygens (including phenoxy) is 3. The van der Waals surface area contributed by atoms with E-state index in [4.69, 9.17) is 51.1 Å². The number of halogens is 11. The van der Waals surface area contributed by atoms with E-state index in [1.54, 1.807) is 20.8 Å². The van der Waals surface area contributed by atoms with Gasteiger partial charge in [0.1, 0.15) is 17.1 Å². The van der Waals surface area contributed by atoms with Gasteiger partial charge in [-0.15, -0.1) is 38.7 Å². The molecule has 0 unspecified atom stereocenters. The van der Waals surface area contributed by atoms with E-state index in [0.717, 1.165) is 18.2 Å². The first kappa shape index (κ1) is 48.5. The predicted octanol–water partition coefficient (Wildman–Crippen LogP) is 12.3. The summed E-state index contributed by atoms with van der Waals surface area (Å²) in [5.41, 5.74) is -0.647. The smallest absolute Gasteiger partial charge is 0.478 e. The molecule has 4 aromatic carbocycles. The number of ketones is 2. The third kappa shape index (κ3) is 11.0. The van der Waals surface area contributed by atoms with Crippen molar-refractivity contribution in [2.24, 2.45) is 14.1 Å². The van der Waals surface area contributed by atoms with E-state index in [9.17, 15) is 50.6 Å². The number of aromatic nitrogens is 2. The van der Waals surface area contributed by atoms with E-state index in [2.05, 4.69) is 9.47 Å². The Labute approximate surface area is 367 Å². The fourth-order valence-corrected chi connectivity index (χ4v) is 7.13. The molecule has 0 fully saturated rings. The van der Waals surface area contributed by atoms with Crippen molar-refractivity contribution in [3.8, 4) is 11.5 Å². The molecule has 0 aliphatic heterocycles. The lowest BCUT2D eigenvalue weighted by Gasteiger charge is -2.20. The van der Waals surface area contributed by atoms with Crippen LogP contribution >= 0.6 is 58.8 Å². The third-order valence-corrected chi connectivity index (χ3v) is 9.87. The zero-order chi connectivity index (χ0) is 44.8. The highest BCUT2D eigenvalue weighted by Gasteiger charge is 2.33. The first-order chi connectivity index (χ1) is 27.7. The molecule has 0 bridgehead atoms. The zero-order valence-corrected chi connectivity index (χ0v) is 35.7. The molecule has 0 aliphatic carbocycles. The number of hydrogen-bond donors (Lipinski definition) is 1. The fourth-order valence-electron chi connectivity index (χ4n) is 5.88. The maximum atomic E-state index is 13.3. The Morgan fingerprint density at radius 3 is 1.33 bits per heavy atom. The minimum absolute atomic E-state index is 0. The SMILES string of the molecule is Cl.Cn1c(C(=O)c2c(Cl)ccc(C(=O)O)c2Cl)cc2ccc(OC(F)(F)F)cc21.Cn1c(C(=O)c2c(Cl)ccc(C(=O)OC(C)(C)C)c2Cl)cc2ccc(OC(F)(F)F)cc21. The molecular formula is C40H29Cl5F6N2O8. The first-order valence-electron chi connectivity index (χ1n) is 16.9. The number of aromatic carboxylic acids is 1. The molecule has 0 atom stereocenters. The quantitative estimate of drug-likeness (QED) is 0.0908. The number of esters is 1. The fraction of sp³-hybridized carbons (Fsp3) is 0.200. The van der Waals surface area contributed by atoms with Crippen LogP contribution in [0, 0.1) is 0 Å². The predicted molar refractivity (Wildman–Crippen MR) is 218 cm³/mol. The van der Waals surface area contributed by atoms with E-state index >= 15 is 0 Å². The van der Waals surface area contributed by atoms with Crippen LogP contribution in [0.4, 0.5) is 26.3 Å². The van der Waals surface area contributed by atoms with Crippen LogP contribution in [0.25, 0.3) is 21.8 Å². The highest BCUT2D eigenvalue weighted by molar-refractivity contribution is 6.43. The number of alkyl halides is 6. The van der Waals surface area contributed by atoms with Crippen molar-refractivity contribution >= 4 is 104 Å². The molecule has 0 amide bonds. The van der Waals surface area contributed by atoms with E-state index in [-0.39, 0.29) is 66.1 Å². The Morgan fingerprint density at radius 1 is 0.590 bits per heavy atom. The molecule has 0 radical (unpaired) electrons. The Balaban J connectivity index is 0.000000266. The molecule has 2 aromatic heterocycles. The summed E-state index contributed by atoms with van der Waals surface area (Å²) in [5.74, 6) is -4.20. The van der Waals surface area contributed by atoms with Crippen molar-refractivity contribution in [3.63, 3.8) is 0 Å². The Bertz CT molecular complexity index is 2720. The van der Waals surface area contributed by atoms with Crippen molar-refractivity contribution < 1.29 is 64.8 Å². The molecule has 0 aliphatic rings. The monoisotopic (exact) mass is 954 g/mol. The van der Waals surface area contributed by atoms with Gasteiger partial charge in [0.05, 0.1) is 64.8 Å². The number of carbonyl (C=O) groups excluding carboxylic acids is 3. The Kier molecular flexibility index (Phi) is 14.4. The lowest BCUT2D eigenvalue weighted by Crippen LogP contribution is -2.24. The van der Waals surface area contributed by atoms with Crippen LogP contribution in [0.1, 0.15) is 73.6 Å². The Morgan fingerprint density at radius 2 is 0.967 bits per heavy atom. The topological polar surface area (TPSA) is 126 Å². The van der Waals surface area contributed by atoms with Crippen LogP contribution in [-0.2, 0) is 18.8 Å². The second-order valence-electron chi connectivity index (χ2n) is 13.7. The first-order valence-corrected chi connectivity index (χ1v) is 18.4. The third-order valence-electron chi connectivity index (χ3n) is 8.45. The van der Waals surface area contributed by atoms with Gasteiger partial charge >= 0.3 is 24.7 Å². The number of carboxylic acid groups (broad SMARTS) is 1. The molecule has 0 spiro atoms. The molecule has 61 heavy (non-hydrogen) atoms. The van der Waals surface area contributed by atoms with Gasteiger partial charge in [0.15, 0.2) is 0 Å². The van der Waals surface area contributed by atoms with Gasteiger partial charge in [0, 0.05) is 37.0 Å². The largest absolute Gasteiger partial charge is 0.573 e. The van der Waals surface area contributed by atoms with Gasteiger partial charge in [-0.25, -0.2) is 9.59 Å². The van der Waals surface area contributed by atoms with Crippen LogP contribution in [0.5, 0.6) is 11.5 Å². The number of fused-ring (bicyclic) bond motifs is 2. The average molecular weight is 957 g/mol. The highest BCUT2D eigenvalue weighted by atomic mass is 35.5. The lowest BCUT2D eigenvalue weighted by atomic mass is 10.0. The molecule has 0 saturated carbocycles. The van der Waals surface area contributed by atoms with Gasteiger partial charge in [0.2, 0.25) is 11.6 Å². The van der Waals surface area contributed by atoms with E-state index in [1.807, 2.05) is 0 Å². The van der Waals surface area contributed by atoms with Crippen LogP contribution in [-0.4, -0.2) is 56.1 Å². The van der Waals surface area contributed by atoms with Crippen molar-refractivity contribution in [1.29, 1.82) is 0 Å². The number of benzene rings is 4. The minimum Gasteiger partial charge on any atom is -0.478 e. The van der Waals surface area contributed by atoms with Gasteiger partial charge in [-0.1, -0.05) is 46.4 Å². The number of carboxylic acids is 1. The molecule has 6 rings (SSSR count). The summed E-state index contributed by atoms with van der Waals surface area (Å²) in [5, 5.41) is 9.61. The molecule has 324 valence electrons. The van der Waals surface area contributed by atoms with Crippen LogP contribution < -0.4 is 9.47 Å². The normalized spacial score (nSPS) is 11.7. The summed E-state index contributed by atoms with van der Waals surface area (Å²) in [4.78, 5) is 50.0. The van der Waals surface area contributed by atoms with E-state index in [0.29, 0.717) is 21.8 Å². The maximum absolute atomic E-state index is 13.3. The summed E-state index contributed by atoms with van der Waals surface area (Å²) in [6, 6.07) is 15.4. The molecule has 0 saturated heterocycles. The second-order valence-corrected chi connectivity index (χ2v) is 15.3. The van der Waals surface area contributed by atoms with Crippen LogP contribution in [0.3, 0.4) is 0 Å². The molecule has 10 nitrogen and oxygen atoms in total. The van der Waals surface area contributed by atoms with Gasteiger partial charge in [-0.2, -0.15) is 0 Å². The molecule has 21 heteroatoms. The number of hydrogen-bond acceptors (Lipinski definition) is 7. The summed E-state index contributed by atoms with van der Waals surface area (Å²) >= 11 is 24.7. The molecule has 2 heterocycles. The number of aryl methyl sites for hydroxylation is 2. The van der Waals surface area contributed by atoms with Crippen molar-refractivity contribution in [2.45, 2.75) is 39.1 Å². The van der Waals surface area contributed by atoms with Gasteiger partial charge in [0.25, 0.3) is 0 Å². The molecule has 6 aromatic rings. The lowest BCUT2D eigenvalue weighted by molar-refractivity contribution is -0.275. The number of nitrogens with zero attached hydrogens (tertiary/aromatic N) is 2. The highest BCUT2D eigenvalue weighted by Crippen LogP contribution is 2.36. The zero-order valence-electron chi connectivity index (χ0n) is 31.8. The van der Waals surface area contributed by atoms with E-state index < -0.39 is 53.3 Å². The van der Waals surface area contributed by atoms with Crippen LogP contribution in [0.2, 0.25) is 20.1 Å². The van der Waals surface area contributed by atoms with Gasteiger partial charge in [-0.3, -0.25) is 9.59 Å². The summed E-state index contributed by atoms with van der Waals surface area (Å²) in [6.45, 7) is 5.06. The molecular weight excluding hydrogens is 928 g/mol. The van der Waals surface area contributed by atoms with Gasteiger partial charge in [-0.05, 0) is 81.4 Å². The van der Waals surface area contributed by atoms with Crippen LogP contribution in [0.15, 0.2) is 72.8 Å². The standard InChI is InChI=1S/C22H18Cl2F3NO4.C18H10Cl2F3NO4.ClH/c1-21(2,3)32-20(30)13-7-8-14(23)17(18(13)24)19(29)16-9-11-5-6-12(31-22(25,26)27)10-15(11)28(16)4;1-24-12-7-9(28-18(21,22)23)3-2-8(12)6-13(24)16(25)14-11(19)5-4-10(15(14)20)17(26)27;/h5-10H,1-4H3;2-7H,1H3,(H,26,27);1H. The number of rotatable bonds is 8. The summed E-state index contributed by atoms with van der Waals surface area (Å²) in [6.07, 6.45) is -9.70. The number of carbonyl (C=O) groups is 4. The van der Waals surface area contributed by atoms with Crippen molar-refractivity contribution in [1.82, 2.24) is 9.13 Å². The van der Waals surface area contributed by atoms with Gasteiger partial charge < -0.3 is 28.5 Å². The van der Waals surface area contributed by atoms with Crippen molar-refractivity contribution in [2.75, 3.05) is 0 Å². The summed E-state index contributed by atoms with van der Waals surface area (Å²) in [7, 11) is 2.97.